The van der Waals surface area contributed by atoms with Gasteiger partial charge in [-0.3, -0.25) is 14.4 Å². The molecular weight excluding hydrogens is 562 g/mol. The van der Waals surface area contributed by atoms with Crippen LogP contribution >= 0.6 is 23.4 Å². The SMILES string of the molecule is CCOc1ccc(NC(=O)[C@@H]2[C@H]3C(=O)N([C@@H](CO)CC(C)C)C(C(=O)Nc4ccc(Cl)cc4)C34CC[C@@]2(C)S4)cc1. The van der Waals surface area contributed by atoms with Crippen LogP contribution in [0.25, 0.3) is 0 Å². The van der Waals surface area contributed by atoms with Crippen LogP contribution in [0.4, 0.5) is 11.4 Å². The van der Waals surface area contributed by atoms with Gasteiger partial charge in [-0.05, 0) is 87.6 Å². The lowest BCUT2D eigenvalue weighted by Crippen LogP contribution is -2.55. The largest absolute Gasteiger partial charge is 0.494 e. The van der Waals surface area contributed by atoms with Crippen molar-refractivity contribution in [3.63, 3.8) is 0 Å². The Morgan fingerprint density at radius 2 is 1.68 bits per heavy atom. The van der Waals surface area contributed by atoms with Crippen molar-refractivity contribution in [2.75, 3.05) is 23.8 Å². The number of carbonyl (C=O) groups is 3. The van der Waals surface area contributed by atoms with Crippen molar-refractivity contribution in [1.82, 2.24) is 4.90 Å². The zero-order valence-corrected chi connectivity index (χ0v) is 25.4. The molecule has 0 radical (unpaired) electrons. The first kappa shape index (κ1) is 29.7. The highest BCUT2D eigenvalue weighted by molar-refractivity contribution is 8.02. The molecule has 2 aromatic carbocycles. The Hall–Kier alpha value is -2.75. The molecule has 5 rings (SSSR count). The monoisotopic (exact) mass is 599 g/mol. The van der Waals surface area contributed by atoms with Gasteiger partial charge in [0.05, 0.1) is 35.8 Å². The zero-order chi connectivity index (χ0) is 29.5. The predicted molar refractivity (Wildman–Crippen MR) is 162 cm³/mol. The average molecular weight is 600 g/mol. The fraction of sp³-hybridized carbons (Fsp3) is 0.516. The number of aliphatic hydroxyl groups is 1. The van der Waals surface area contributed by atoms with Crippen molar-refractivity contribution < 1.29 is 24.2 Å². The highest BCUT2D eigenvalue weighted by atomic mass is 35.5. The number of halogens is 1. The Kier molecular flexibility index (Phi) is 8.34. The number of nitrogens with zero attached hydrogens (tertiary/aromatic N) is 1. The number of ether oxygens (including phenoxy) is 1. The third-order valence-corrected chi connectivity index (χ3v) is 10.9. The summed E-state index contributed by atoms with van der Waals surface area (Å²) >= 11 is 7.65. The molecule has 3 aliphatic heterocycles. The third-order valence-electron chi connectivity index (χ3n) is 8.64. The number of nitrogens with one attached hydrogen (secondary N) is 2. The van der Waals surface area contributed by atoms with Crippen molar-refractivity contribution in [3.05, 3.63) is 53.6 Å². The Morgan fingerprint density at radius 1 is 1.07 bits per heavy atom. The van der Waals surface area contributed by atoms with Gasteiger partial charge in [-0.2, -0.15) is 0 Å². The molecule has 2 aromatic rings. The summed E-state index contributed by atoms with van der Waals surface area (Å²) in [7, 11) is 0. The molecule has 3 N–H and O–H groups in total. The second-order valence-electron chi connectivity index (χ2n) is 11.9. The molecule has 1 spiro atoms. The summed E-state index contributed by atoms with van der Waals surface area (Å²) in [5, 5.41) is 17.0. The molecule has 0 saturated carbocycles. The maximum absolute atomic E-state index is 14.4. The Bertz CT molecular complexity index is 1310. The van der Waals surface area contributed by atoms with Crippen LogP contribution in [0.5, 0.6) is 5.75 Å². The van der Waals surface area contributed by atoms with Gasteiger partial charge in [-0.25, -0.2) is 0 Å². The Balaban J connectivity index is 1.50. The average Bonchev–Trinajstić information content (AvgIpc) is 3.50. The predicted octanol–water partition coefficient (Wildman–Crippen LogP) is 5.20. The molecule has 2 bridgehead atoms. The molecule has 3 amide bonds. The van der Waals surface area contributed by atoms with Gasteiger partial charge < -0.3 is 25.4 Å². The van der Waals surface area contributed by atoms with E-state index >= 15 is 0 Å². The van der Waals surface area contributed by atoms with Crippen molar-refractivity contribution >= 4 is 52.5 Å². The number of aliphatic hydroxyl groups excluding tert-OH is 1. The number of hydrogen-bond acceptors (Lipinski definition) is 6. The summed E-state index contributed by atoms with van der Waals surface area (Å²) in [6.07, 6.45) is 1.88. The van der Waals surface area contributed by atoms with Gasteiger partial charge in [0.25, 0.3) is 0 Å². The number of likely N-dealkylation sites (tertiary alicyclic amines) is 1. The highest BCUT2D eigenvalue weighted by Crippen LogP contribution is 2.71. The van der Waals surface area contributed by atoms with Gasteiger partial charge in [0.15, 0.2) is 0 Å². The van der Waals surface area contributed by atoms with E-state index in [1.165, 1.54) is 0 Å². The summed E-state index contributed by atoms with van der Waals surface area (Å²) in [5.74, 6) is -1.18. The number of hydrogen-bond donors (Lipinski definition) is 3. The molecule has 41 heavy (non-hydrogen) atoms. The molecule has 3 heterocycles. The van der Waals surface area contributed by atoms with E-state index in [4.69, 9.17) is 16.3 Å². The van der Waals surface area contributed by atoms with E-state index < -0.39 is 33.4 Å². The van der Waals surface area contributed by atoms with Crippen molar-refractivity contribution in [2.45, 2.75) is 68.5 Å². The molecular formula is C31H38ClN3O5S. The second kappa shape index (κ2) is 11.5. The van der Waals surface area contributed by atoms with Crippen LogP contribution in [0.15, 0.2) is 48.5 Å². The fourth-order valence-electron chi connectivity index (χ4n) is 7.04. The van der Waals surface area contributed by atoms with Gasteiger partial charge in [-0.1, -0.05) is 25.4 Å². The Morgan fingerprint density at radius 3 is 2.27 bits per heavy atom. The van der Waals surface area contributed by atoms with Crippen LogP contribution in [0.3, 0.4) is 0 Å². The zero-order valence-electron chi connectivity index (χ0n) is 23.9. The molecule has 10 heteroatoms. The quantitative estimate of drug-likeness (QED) is 0.346. The van der Waals surface area contributed by atoms with E-state index in [1.807, 2.05) is 27.7 Å². The van der Waals surface area contributed by atoms with Crippen molar-refractivity contribution in [1.29, 1.82) is 0 Å². The van der Waals surface area contributed by atoms with Crippen LogP contribution in [0, 0.1) is 17.8 Å². The third kappa shape index (κ3) is 5.32. The molecule has 8 nitrogen and oxygen atoms in total. The number of amides is 3. The van der Waals surface area contributed by atoms with Crippen LogP contribution in [0.1, 0.15) is 47.0 Å². The van der Waals surface area contributed by atoms with E-state index in [9.17, 15) is 19.5 Å². The van der Waals surface area contributed by atoms with E-state index in [0.717, 1.165) is 0 Å². The van der Waals surface area contributed by atoms with Crippen LogP contribution in [-0.2, 0) is 14.4 Å². The van der Waals surface area contributed by atoms with Gasteiger partial charge in [0.2, 0.25) is 17.7 Å². The minimum absolute atomic E-state index is 0.193. The fourth-order valence-corrected chi connectivity index (χ4v) is 9.51. The molecule has 0 aromatic heterocycles. The normalized spacial score (nSPS) is 29.0. The molecule has 220 valence electrons. The van der Waals surface area contributed by atoms with E-state index in [0.29, 0.717) is 48.0 Å². The molecule has 0 aliphatic carbocycles. The lowest BCUT2D eigenvalue weighted by Gasteiger charge is -2.37. The number of thioether (sulfide) groups is 1. The van der Waals surface area contributed by atoms with Crippen molar-refractivity contribution in [3.8, 4) is 5.75 Å². The van der Waals surface area contributed by atoms with E-state index in [-0.39, 0.29) is 30.2 Å². The van der Waals surface area contributed by atoms with Crippen LogP contribution in [0.2, 0.25) is 5.02 Å². The summed E-state index contributed by atoms with van der Waals surface area (Å²) in [4.78, 5) is 44.0. The van der Waals surface area contributed by atoms with Gasteiger partial charge in [-0.15, -0.1) is 11.8 Å². The highest BCUT2D eigenvalue weighted by Gasteiger charge is 2.77. The van der Waals surface area contributed by atoms with E-state index in [1.54, 1.807) is 65.2 Å². The smallest absolute Gasteiger partial charge is 0.248 e. The molecule has 3 fully saturated rings. The van der Waals surface area contributed by atoms with E-state index in [2.05, 4.69) is 10.6 Å². The standard InChI is InChI=1S/C31H38ClN3O5S/c1-5-40-23-12-10-21(11-13-23)33-27(37)24-25-29(39)35(22(17-36)16-18(2)3)26(31(25)15-14-30(24,4)41-31)28(38)34-20-8-6-19(32)7-9-20/h6-13,18,22,24-26,36H,5,14-17H2,1-4H3,(H,33,37)(H,34,38)/t22-,24+,25+,26?,30-,31?/m1/s1. The van der Waals surface area contributed by atoms with Crippen LogP contribution in [-0.4, -0.2) is 62.5 Å². The molecule has 6 atom stereocenters. The second-order valence-corrected chi connectivity index (χ2v) is 14.2. The maximum atomic E-state index is 14.4. The first-order valence-corrected chi connectivity index (χ1v) is 15.5. The Labute approximate surface area is 250 Å². The van der Waals surface area contributed by atoms with Gasteiger partial charge in [0, 0.05) is 21.1 Å². The number of anilines is 2. The first-order chi connectivity index (χ1) is 19.5. The lowest BCUT2D eigenvalue weighted by molar-refractivity contribution is -0.142. The lowest BCUT2D eigenvalue weighted by atomic mass is 9.66. The van der Waals surface area contributed by atoms with Gasteiger partial charge >= 0.3 is 0 Å². The minimum atomic E-state index is -0.832. The maximum Gasteiger partial charge on any atom is 0.248 e. The summed E-state index contributed by atoms with van der Waals surface area (Å²) in [6, 6.07) is 12.7. The summed E-state index contributed by atoms with van der Waals surface area (Å²) in [6.45, 7) is 8.29. The summed E-state index contributed by atoms with van der Waals surface area (Å²) < 4.78 is 4.22. The summed E-state index contributed by atoms with van der Waals surface area (Å²) in [5.41, 5.74) is 1.20. The number of rotatable bonds is 10. The number of carbonyl (C=O) groups excluding carboxylic acids is 3. The first-order valence-electron chi connectivity index (χ1n) is 14.3. The number of benzene rings is 2. The topological polar surface area (TPSA) is 108 Å². The molecule has 3 aliphatic rings. The minimum Gasteiger partial charge on any atom is -0.494 e. The van der Waals surface area contributed by atoms with Crippen LogP contribution < -0.4 is 15.4 Å². The molecule has 3 saturated heterocycles. The van der Waals surface area contributed by atoms with Crippen molar-refractivity contribution in [2.24, 2.45) is 17.8 Å². The van der Waals surface area contributed by atoms with Gasteiger partial charge in [0.1, 0.15) is 11.8 Å². The number of fused-ring (bicyclic) bond motifs is 1. The molecule has 2 unspecified atom stereocenters.